The summed E-state index contributed by atoms with van der Waals surface area (Å²) in [6, 6.07) is 0. The Morgan fingerprint density at radius 2 is 2.27 bits per heavy atom. The number of thiophene rings is 1. The quantitative estimate of drug-likeness (QED) is 0.527. The number of carbonyl (C=O) groups is 1. The molecule has 1 rings (SSSR count). The van der Waals surface area contributed by atoms with Gasteiger partial charge in [-0.3, -0.25) is 14.9 Å². The molecule has 11 heavy (non-hydrogen) atoms. The molecule has 1 aromatic heterocycles. The van der Waals surface area contributed by atoms with Crippen molar-refractivity contribution < 1.29 is 9.72 Å². The van der Waals surface area contributed by atoms with Gasteiger partial charge < -0.3 is 5.73 Å². The Bertz CT molecular complexity index is 278. The van der Waals surface area contributed by atoms with E-state index in [1.807, 2.05) is 0 Å². The van der Waals surface area contributed by atoms with Crippen LogP contribution in [0.4, 0.5) is 5.69 Å². The molecular weight excluding hydrogens is 168 g/mol. The number of hydrogen-bond acceptors (Lipinski definition) is 4. The highest BCUT2D eigenvalue weighted by Crippen LogP contribution is 2.21. The van der Waals surface area contributed by atoms with Crippen LogP contribution >= 0.6 is 11.3 Å². The number of rotatable bonds is 2. The SMILES string of the molecule is NC(=O)c1cscc1[N+](=O)[O-]. The van der Waals surface area contributed by atoms with Crippen LogP contribution in [0.25, 0.3) is 0 Å². The molecule has 0 radical (unpaired) electrons. The van der Waals surface area contributed by atoms with Crippen LogP contribution < -0.4 is 5.73 Å². The molecule has 0 fully saturated rings. The van der Waals surface area contributed by atoms with Gasteiger partial charge in [-0.25, -0.2) is 0 Å². The maximum Gasteiger partial charge on any atom is 0.292 e. The third-order valence-electron chi connectivity index (χ3n) is 1.10. The first-order valence-electron chi connectivity index (χ1n) is 2.63. The fourth-order valence-electron chi connectivity index (χ4n) is 0.616. The first kappa shape index (κ1) is 7.67. The number of primary amides is 1. The van der Waals surface area contributed by atoms with Gasteiger partial charge in [0, 0.05) is 5.38 Å². The molecule has 0 atom stereocenters. The van der Waals surface area contributed by atoms with Crippen LogP contribution in [0, 0.1) is 10.1 Å². The van der Waals surface area contributed by atoms with Gasteiger partial charge >= 0.3 is 0 Å². The van der Waals surface area contributed by atoms with Crippen molar-refractivity contribution >= 4 is 22.9 Å². The Labute approximate surface area is 65.6 Å². The smallest absolute Gasteiger partial charge is 0.292 e. The fourth-order valence-corrected chi connectivity index (χ4v) is 1.40. The molecule has 0 aromatic carbocycles. The molecule has 2 N–H and O–H groups in total. The summed E-state index contributed by atoms with van der Waals surface area (Å²) in [6.07, 6.45) is 0. The molecule has 0 aliphatic heterocycles. The summed E-state index contributed by atoms with van der Waals surface area (Å²) >= 11 is 1.08. The Balaban J connectivity index is 3.16. The molecule has 1 amide bonds. The second-order valence-corrected chi connectivity index (χ2v) is 2.54. The van der Waals surface area contributed by atoms with E-state index in [0.29, 0.717) is 0 Å². The Morgan fingerprint density at radius 3 is 2.64 bits per heavy atom. The molecule has 1 aromatic rings. The van der Waals surface area contributed by atoms with E-state index in [4.69, 9.17) is 5.73 Å². The molecule has 0 saturated heterocycles. The van der Waals surface area contributed by atoms with Crippen molar-refractivity contribution in [3.8, 4) is 0 Å². The predicted octanol–water partition coefficient (Wildman–Crippen LogP) is 0.755. The monoisotopic (exact) mass is 172 g/mol. The van der Waals surface area contributed by atoms with Crippen molar-refractivity contribution in [2.45, 2.75) is 0 Å². The van der Waals surface area contributed by atoms with E-state index in [-0.39, 0.29) is 11.3 Å². The summed E-state index contributed by atoms with van der Waals surface area (Å²) in [5.41, 5.74) is 4.61. The van der Waals surface area contributed by atoms with E-state index in [1.54, 1.807) is 0 Å². The first-order valence-corrected chi connectivity index (χ1v) is 3.57. The second kappa shape index (κ2) is 2.67. The Hall–Kier alpha value is -1.43. The van der Waals surface area contributed by atoms with Gasteiger partial charge in [0.2, 0.25) is 0 Å². The predicted molar refractivity (Wildman–Crippen MR) is 39.5 cm³/mol. The molecule has 0 spiro atoms. The average Bonchev–Trinajstić information content (AvgIpc) is 2.32. The lowest BCUT2D eigenvalue weighted by molar-refractivity contribution is -0.384. The van der Waals surface area contributed by atoms with E-state index in [1.165, 1.54) is 10.8 Å². The minimum atomic E-state index is -0.766. The van der Waals surface area contributed by atoms with Gasteiger partial charge in [0.05, 0.1) is 10.3 Å². The fraction of sp³-hybridized carbons (Fsp3) is 0. The lowest BCUT2D eigenvalue weighted by atomic mass is 10.3. The summed E-state index contributed by atoms with van der Waals surface area (Å²) in [6.45, 7) is 0. The zero-order valence-electron chi connectivity index (χ0n) is 5.31. The molecular formula is C5H4N2O3S. The van der Waals surface area contributed by atoms with Gasteiger partial charge in [-0.2, -0.15) is 0 Å². The van der Waals surface area contributed by atoms with E-state index < -0.39 is 10.8 Å². The van der Waals surface area contributed by atoms with Crippen molar-refractivity contribution in [3.05, 3.63) is 26.4 Å². The van der Waals surface area contributed by atoms with Crippen molar-refractivity contribution in [3.63, 3.8) is 0 Å². The van der Waals surface area contributed by atoms with E-state index in [0.717, 1.165) is 11.3 Å². The van der Waals surface area contributed by atoms with Gasteiger partial charge in [-0.1, -0.05) is 0 Å². The Morgan fingerprint density at radius 1 is 1.64 bits per heavy atom. The van der Waals surface area contributed by atoms with E-state index in [9.17, 15) is 14.9 Å². The molecule has 1 heterocycles. The van der Waals surface area contributed by atoms with Gasteiger partial charge in [-0.05, 0) is 0 Å². The summed E-state index contributed by atoms with van der Waals surface area (Å²) in [4.78, 5) is 20.1. The molecule has 0 unspecified atom stereocenters. The molecule has 6 heteroatoms. The summed E-state index contributed by atoms with van der Waals surface area (Å²) in [5.74, 6) is -0.766. The molecule has 0 saturated carbocycles. The van der Waals surface area contributed by atoms with Gasteiger partial charge in [0.1, 0.15) is 5.56 Å². The Kier molecular flexibility index (Phi) is 1.86. The molecule has 5 nitrogen and oxygen atoms in total. The van der Waals surface area contributed by atoms with Crippen LogP contribution in [-0.2, 0) is 0 Å². The zero-order chi connectivity index (χ0) is 8.43. The highest BCUT2D eigenvalue weighted by molar-refractivity contribution is 7.08. The van der Waals surface area contributed by atoms with Gasteiger partial charge in [0.25, 0.3) is 11.6 Å². The second-order valence-electron chi connectivity index (χ2n) is 1.79. The highest BCUT2D eigenvalue weighted by Gasteiger charge is 2.18. The number of hydrogen-bond donors (Lipinski definition) is 1. The maximum absolute atomic E-state index is 10.5. The van der Waals surface area contributed by atoms with Crippen LogP contribution in [0.15, 0.2) is 10.8 Å². The van der Waals surface area contributed by atoms with Crippen molar-refractivity contribution in [2.24, 2.45) is 5.73 Å². The molecule has 0 aliphatic carbocycles. The van der Waals surface area contributed by atoms with Crippen LogP contribution in [-0.4, -0.2) is 10.8 Å². The van der Waals surface area contributed by atoms with Crippen LogP contribution in [0.1, 0.15) is 10.4 Å². The number of amides is 1. The number of nitrogens with two attached hydrogens (primary N) is 1. The average molecular weight is 172 g/mol. The zero-order valence-corrected chi connectivity index (χ0v) is 6.13. The molecule has 0 aliphatic rings. The molecule has 0 bridgehead atoms. The van der Waals surface area contributed by atoms with Crippen molar-refractivity contribution in [1.82, 2.24) is 0 Å². The van der Waals surface area contributed by atoms with Gasteiger partial charge in [0.15, 0.2) is 0 Å². The third kappa shape index (κ3) is 1.35. The minimum absolute atomic E-state index is 0.0278. The summed E-state index contributed by atoms with van der Waals surface area (Å²) in [5, 5.41) is 12.8. The summed E-state index contributed by atoms with van der Waals surface area (Å²) in [7, 11) is 0. The number of carbonyl (C=O) groups excluding carboxylic acids is 1. The van der Waals surface area contributed by atoms with Crippen molar-refractivity contribution in [2.75, 3.05) is 0 Å². The number of nitro groups is 1. The van der Waals surface area contributed by atoms with E-state index in [2.05, 4.69) is 0 Å². The number of nitrogens with zero attached hydrogens (tertiary/aromatic N) is 1. The normalized spacial score (nSPS) is 9.45. The maximum atomic E-state index is 10.5. The van der Waals surface area contributed by atoms with Crippen LogP contribution in [0.5, 0.6) is 0 Å². The van der Waals surface area contributed by atoms with Crippen LogP contribution in [0.3, 0.4) is 0 Å². The van der Waals surface area contributed by atoms with E-state index >= 15 is 0 Å². The molecule has 58 valence electrons. The largest absolute Gasteiger partial charge is 0.365 e. The minimum Gasteiger partial charge on any atom is -0.365 e. The lowest BCUT2D eigenvalue weighted by Crippen LogP contribution is -2.11. The summed E-state index contributed by atoms with van der Waals surface area (Å²) < 4.78 is 0. The third-order valence-corrected chi connectivity index (χ3v) is 1.83. The standard InChI is InChI=1S/C5H4N2O3S/c6-5(8)3-1-11-2-4(3)7(9)10/h1-2H,(H2,6,8). The lowest BCUT2D eigenvalue weighted by Gasteiger charge is -1.88. The highest BCUT2D eigenvalue weighted by atomic mass is 32.1. The van der Waals surface area contributed by atoms with Crippen molar-refractivity contribution in [1.29, 1.82) is 0 Å². The first-order chi connectivity index (χ1) is 5.13. The topological polar surface area (TPSA) is 86.2 Å². The van der Waals surface area contributed by atoms with Crippen LogP contribution in [0.2, 0.25) is 0 Å². The van der Waals surface area contributed by atoms with Gasteiger partial charge in [-0.15, -0.1) is 11.3 Å².